The molecule has 2 N–H and O–H groups in total. The largest absolute Gasteiger partial charge is 0.469 e. The predicted molar refractivity (Wildman–Crippen MR) is 68.7 cm³/mol. The molecule has 0 aliphatic carbocycles. The first-order chi connectivity index (χ1) is 8.99. The highest BCUT2D eigenvalue weighted by Crippen LogP contribution is 2.20. The van der Waals surface area contributed by atoms with Crippen molar-refractivity contribution in [1.29, 1.82) is 0 Å². The molecular formula is C14H18O5. The lowest BCUT2D eigenvalue weighted by atomic mass is 9.99. The number of Topliss-reactive ketones (excluding diaryl/α,β-unsaturated/α-hetero) is 1. The van der Waals surface area contributed by atoms with Crippen LogP contribution in [0.2, 0.25) is 0 Å². The third-order valence-electron chi connectivity index (χ3n) is 2.86. The van der Waals surface area contributed by atoms with Gasteiger partial charge in [0.15, 0.2) is 5.78 Å². The van der Waals surface area contributed by atoms with Crippen LogP contribution in [0.5, 0.6) is 0 Å². The average Bonchev–Trinajstić information content (AvgIpc) is 2.45. The molecule has 0 saturated heterocycles. The van der Waals surface area contributed by atoms with Crippen LogP contribution in [0.3, 0.4) is 0 Å². The monoisotopic (exact) mass is 266 g/mol. The van der Waals surface area contributed by atoms with Gasteiger partial charge in [-0.25, -0.2) is 0 Å². The van der Waals surface area contributed by atoms with Crippen molar-refractivity contribution in [2.75, 3.05) is 7.11 Å². The van der Waals surface area contributed by atoms with Gasteiger partial charge in [0.2, 0.25) is 0 Å². The standard InChI is InChI=1S/C14H18O5/c1-3-11(15)9-4-6-10(7-5-9)14(18)12(16)8-13(17)19-2/h4-7,12,14,16,18H,3,8H2,1-2H3. The van der Waals surface area contributed by atoms with Gasteiger partial charge in [0.25, 0.3) is 0 Å². The normalized spacial score (nSPS) is 13.7. The molecule has 1 aromatic carbocycles. The number of rotatable bonds is 6. The Morgan fingerprint density at radius 1 is 1.21 bits per heavy atom. The fourth-order valence-electron chi connectivity index (χ4n) is 1.66. The summed E-state index contributed by atoms with van der Waals surface area (Å²) in [5, 5.41) is 19.6. The Hall–Kier alpha value is -1.72. The molecule has 5 heteroatoms. The Morgan fingerprint density at radius 2 is 1.79 bits per heavy atom. The molecule has 0 aromatic heterocycles. The number of hydrogen-bond donors (Lipinski definition) is 2. The third-order valence-corrected chi connectivity index (χ3v) is 2.86. The van der Waals surface area contributed by atoms with Gasteiger partial charge in [0.1, 0.15) is 6.10 Å². The Bertz CT molecular complexity index is 438. The fourth-order valence-corrected chi connectivity index (χ4v) is 1.66. The van der Waals surface area contributed by atoms with Crippen LogP contribution in [0, 0.1) is 0 Å². The average molecular weight is 266 g/mol. The highest BCUT2D eigenvalue weighted by Gasteiger charge is 2.21. The molecule has 0 bridgehead atoms. The van der Waals surface area contributed by atoms with Crippen LogP contribution in [0.4, 0.5) is 0 Å². The highest BCUT2D eigenvalue weighted by atomic mass is 16.5. The van der Waals surface area contributed by atoms with Crippen LogP contribution in [0.1, 0.15) is 41.8 Å². The second kappa shape index (κ2) is 7.01. The molecule has 19 heavy (non-hydrogen) atoms. The van der Waals surface area contributed by atoms with Gasteiger partial charge in [-0.05, 0) is 5.56 Å². The molecule has 0 aliphatic rings. The molecule has 0 amide bonds. The summed E-state index contributed by atoms with van der Waals surface area (Å²) in [5.41, 5.74) is 1.00. The van der Waals surface area contributed by atoms with Crippen LogP contribution in [-0.2, 0) is 9.53 Å². The van der Waals surface area contributed by atoms with Crippen molar-refractivity contribution in [2.24, 2.45) is 0 Å². The van der Waals surface area contributed by atoms with Gasteiger partial charge in [-0.3, -0.25) is 9.59 Å². The second-order valence-corrected chi connectivity index (χ2v) is 4.19. The van der Waals surface area contributed by atoms with Gasteiger partial charge in [-0.15, -0.1) is 0 Å². The molecule has 1 aromatic rings. The number of benzene rings is 1. The lowest BCUT2D eigenvalue weighted by molar-refractivity contribution is -0.144. The smallest absolute Gasteiger partial charge is 0.308 e. The highest BCUT2D eigenvalue weighted by molar-refractivity contribution is 5.95. The number of aliphatic hydroxyl groups excluding tert-OH is 2. The topological polar surface area (TPSA) is 83.8 Å². The van der Waals surface area contributed by atoms with Crippen molar-refractivity contribution >= 4 is 11.8 Å². The minimum absolute atomic E-state index is 0.0103. The number of carbonyl (C=O) groups is 2. The summed E-state index contributed by atoms with van der Waals surface area (Å²) in [6.07, 6.45) is -2.30. The number of aliphatic hydroxyl groups is 2. The minimum atomic E-state index is -1.24. The van der Waals surface area contributed by atoms with E-state index in [0.29, 0.717) is 17.5 Å². The van der Waals surface area contributed by atoms with E-state index in [-0.39, 0.29) is 12.2 Å². The van der Waals surface area contributed by atoms with Crippen molar-refractivity contribution in [3.05, 3.63) is 35.4 Å². The lowest BCUT2D eigenvalue weighted by Gasteiger charge is -2.17. The van der Waals surface area contributed by atoms with Gasteiger partial charge in [-0.1, -0.05) is 31.2 Å². The van der Waals surface area contributed by atoms with E-state index >= 15 is 0 Å². The van der Waals surface area contributed by atoms with Crippen molar-refractivity contribution in [2.45, 2.75) is 32.0 Å². The molecule has 0 fully saturated rings. The number of methoxy groups -OCH3 is 1. The summed E-state index contributed by atoms with van der Waals surface area (Å²) >= 11 is 0. The Balaban J connectivity index is 2.74. The van der Waals surface area contributed by atoms with E-state index < -0.39 is 18.2 Å². The SMILES string of the molecule is CCC(=O)c1ccc(C(O)C(O)CC(=O)OC)cc1. The Kier molecular flexibility index (Phi) is 5.66. The van der Waals surface area contributed by atoms with Gasteiger partial charge in [0.05, 0.1) is 19.6 Å². The lowest BCUT2D eigenvalue weighted by Crippen LogP contribution is -2.22. The molecule has 0 saturated carbocycles. The zero-order chi connectivity index (χ0) is 14.4. The number of ketones is 1. The fraction of sp³-hybridized carbons (Fsp3) is 0.429. The Labute approximate surface area is 111 Å². The summed E-state index contributed by atoms with van der Waals surface area (Å²) in [6, 6.07) is 6.31. The van der Waals surface area contributed by atoms with Gasteiger partial charge in [0, 0.05) is 12.0 Å². The summed E-state index contributed by atoms with van der Waals surface area (Å²) in [7, 11) is 1.21. The van der Waals surface area contributed by atoms with Gasteiger partial charge >= 0.3 is 5.97 Å². The molecule has 2 atom stereocenters. The molecule has 1 rings (SSSR count). The maximum atomic E-state index is 11.4. The van der Waals surface area contributed by atoms with E-state index in [2.05, 4.69) is 4.74 Å². The van der Waals surface area contributed by atoms with E-state index in [1.54, 1.807) is 31.2 Å². The molecule has 0 heterocycles. The van der Waals surface area contributed by atoms with Crippen molar-refractivity contribution < 1.29 is 24.5 Å². The van der Waals surface area contributed by atoms with Gasteiger partial charge < -0.3 is 14.9 Å². The predicted octanol–water partition coefficient (Wildman–Crippen LogP) is 1.24. The second-order valence-electron chi connectivity index (χ2n) is 4.19. The maximum Gasteiger partial charge on any atom is 0.308 e. The first-order valence-corrected chi connectivity index (χ1v) is 6.05. The van der Waals surface area contributed by atoms with Crippen molar-refractivity contribution in [3.63, 3.8) is 0 Å². The van der Waals surface area contributed by atoms with E-state index in [1.165, 1.54) is 7.11 Å². The van der Waals surface area contributed by atoms with E-state index in [1.807, 2.05) is 0 Å². The number of esters is 1. The first-order valence-electron chi connectivity index (χ1n) is 6.05. The van der Waals surface area contributed by atoms with Crippen molar-refractivity contribution in [3.8, 4) is 0 Å². The number of hydrogen-bond acceptors (Lipinski definition) is 5. The Morgan fingerprint density at radius 3 is 2.26 bits per heavy atom. The summed E-state index contributed by atoms with van der Waals surface area (Å²) < 4.78 is 4.42. The molecule has 2 unspecified atom stereocenters. The zero-order valence-corrected chi connectivity index (χ0v) is 11.0. The molecule has 0 radical (unpaired) electrons. The first kappa shape index (κ1) is 15.3. The van der Waals surface area contributed by atoms with Gasteiger partial charge in [-0.2, -0.15) is 0 Å². The molecule has 0 spiro atoms. The third kappa shape index (κ3) is 4.15. The van der Waals surface area contributed by atoms with E-state index in [9.17, 15) is 19.8 Å². The molecule has 5 nitrogen and oxygen atoms in total. The maximum absolute atomic E-state index is 11.4. The van der Waals surface area contributed by atoms with Crippen LogP contribution < -0.4 is 0 Å². The quantitative estimate of drug-likeness (QED) is 0.597. The minimum Gasteiger partial charge on any atom is -0.469 e. The van der Waals surface area contributed by atoms with Crippen LogP contribution >= 0.6 is 0 Å². The van der Waals surface area contributed by atoms with Crippen molar-refractivity contribution in [1.82, 2.24) is 0 Å². The molecule has 0 aliphatic heterocycles. The zero-order valence-electron chi connectivity index (χ0n) is 11.0. The number of ether oxygens (including phenoxy) is 1. The summed E-state index contributed by atoms with van der Waals surface area (Å²) in [6.45, 7) is 1.77. The van der Waals surface area contributed by atoms with E-state index in [4.69, 9.17) is 0 Å². The number of carbonyl (C=O) groups excluding carboxylic acids is 2. The molecular weight excluding hydrogens is 248 g/mol. The van der Waals surface area contributed by atoms with Crippen LogP contribution in [0.25, 0.3) is 0 Å². The summed E-state index contributed by atoms with van der Waals surface area (Å²) in [4.78, 5) is 22.4. The van der Waals surface area contributed by atoms with Crippen LogP contribution in [-0.4, -0.2) is 35.2 Å². The summed E-state index contributed by atoms with van der Waals surface area (Å²) in [5.74, 6) is -0.583. The van der Waals surface area contributed by atoms with Crippen LogP contribution in [0.15, 0.2) is 24.3 Å². The molecule has 104 valence electrons. The van der Waals surface area contributed by atoms with E-state index in [0.717, 1.165) is 0 Å².